The normalized spacial score (nSPS) is 10.7. The minimum Gasteiger partial charge on any atom is -0.332 e. The highest BCUT2D eigenvalue weighted by atomic mass is 32.2. The Morgan fingerprint density at radius 2 is 2.15 bits per heavy atom. The smallest absolute Gasteiger partial charge is 0.191 e. The quantitative estimate of drug-likeness (QED) is 0.733. The average Bonchev–Trinajstić information content (AvgIpc) is 3.07. The number of anilines is 2. The Hall–Kier alpha value is -1.86. The van der Waals surface area contributed by atoms with Gasteiger partial charge >= 0.3 is 0 Å². The molecule has 0 aliphatic heterocycles. The van der Waals surface area contributed by atoms with Crippen molar-refractivity contribution < 1.29 is 0 Å². The zero-order valence-corrected chi connectivity index (χ0v) is 12.5. The molecule has 1 aromatic carbocycles. The van der Waals surface area contributed by atoms with Gasteiger partial charge in [0.2, 0.25) is 0 Å². The van der Waals surface area contributed by atoms with Crippen LogP contribution in [0.2, 0.25) is 0 Å². The number of para-hydroxylation sites is 1. The van der Waals surface area contributed by atoms with Gasteiger partial charge in [-0.3, -0.25) is 0 Å². The molecule has 2 aromatic heterocycles. The Labute approximate surface area is 125 Å². The van der Waals surface area contributed by atoms with Crippen molar-refractivity contribution in [3.05, 3.63) is 47.7 Å². The van der Waals surface area contributed by atoms with E-state index in [1.807, 2.05) is 41.9 Å². The summed E-state index contributed by atoms with van der Waals surface area (Å²) in [6, 6.07) is 10.0. The van der Waals surface area contributed by atoms with Crippen LogP contribution in [0, 0.1) is 0 Å². The number of benzene rings is 1. The molecule has 1 N–H and O–H groups in total. The molecule has 0 atom stereocenters. The predicted molar refractivity (Wildman–Crippen MR) is 82.4 cm³/mol. The lowest BCUT2D eigenvalue weighted by molar-refractivity contribution is 0.788. The first-order valence-corrected chi connectivity index (χ1v) is 7.91. The van der Waals surface area contributed by atoms with Crippen LogP contribution in [0.25, 0.3) is 0 Å². The minimum atomic E-state index is 0.791. The van der Waals surface area contributed by atoms with Crippen molar-refractivity contribution in [1.82, 2.24) is 19.7 Å². The minimum absolute atomic E-state index is 0.791. The van der Waals surface area contributed by atoms with Gasteiger partial charge in [-0.15, -0.1) is 21.5 Å². The molecule has 0 spiro atoms. The largest absolute Gasteiger partial charge is 0.332 e. The molecular weight excluding hydrogens is 290 g/mol. The van der Waals surface area contributed by atoms with Gasteiger partial charge in [-0.2, -0.15) is 0 Å². The Kier molecular flexibility index (Phi) is 3.98. The van der Waals surface area contributed by atoms with E-state index in [4.69, 9.17) is 0 Å². The molecule has 7 heteroatoms. The molecule has 0 unspecified atom stereocenters. The van der Waals surface area contributed by atoms with Crippen LogP contribution >= 0.6 is 23.1 Å². The van der Waals surface area contributed by atoms with Crippen LogP contribution in [0.4, 0.5) is 10.8 Å². The number of aryl methyl sites for hydroxylation is 1. The van der Waals surface area contributed by atoms with Gasteiger partial charge in [0.15, 0.2) is 10.3 Å². The molecule has 0 radical (unpaired) electrons. The van der Waals surface area contributed by atoms with E-state index >= 15 is 0 Å². The number of nitrogens with zero attached hydrogens (tertiary/aromatic N) is 4. The lowest BCUT2D eigenvalue weighted by Crippen LogP contribution is -1.91. The maximum Gasteiger partial charge on any atom is 0.191 e. The van der Waals surface area contributed by atoms with Crippen LogP contribution in [0.15, 0.2) is 47.2 Å². The molecule has 2 heterocycles. The third-order valence-electron chi connectivity index (χ3n) is 2.60. The van der Waals surface area contributed by atoms with Crippen molar-refractivity contribution in [2.45, 2.75) is 10.9 Å². The molecule has 3 rings (SSSR count). The van der Waals surface area contributed by atoms with Gasteiger partial charge in [-0.05, 0) is 12.1 Å². The van der Waals surface area contributed by atoms with E-state index in [2.05, 4.69) is 25.9 Å². The van der Waals surface area contributed by atoms with E-state index in [0.29, 0.717) is 0 Å². The maximum atomic E-state index is 4.56. The van der Waals surface area contributed by atoms with Gasteiger partial charge in [0.05, 0.1) is 5.69 Å². The fraction of sp³-hybridized carbons (Fsp3) is 0.154. The highest BCUT2D eigenvalue weighted by Gasteiger charge is 2.06. The summed E-state index contributed by atoms with van der Waals surface area (Å²) in [4.78, 5) is 4.56. The summed E-state index contributed by atoms with van der Waals surface area (Å²) >= 11 is 3.24. The molecular formula is C13H13N5S2. The average molecular weight is 303 g/mol. The van der Waals surface area contributed by atoms with E-state index in [1.165, 1.54) is 0 Å². The van der Waals surface area contributed by atoms with Crippen molar-refractivity contribution in [1.29, 1.82) is 0 Å². The summed E-state index contributed by atoms with van der Waals surface area (Å²) in [5, 5.41) is 15.1. The standard InChI is InChI=1S/C13H13N5S2/c1-18-9-14-17-13(18)20-8-11-7-19-12(16-11)15-10-5-3-2-4-6-10/h2-7,9H,8H2,1H3,(H,15,16). The second-order valence-electron chi connectivity index (χ2n) is 4.15. The van der Waals surface area contributed by atoms with Gasteiger partial charge in [-0.1, -0.05) is 30.0 Å². The fourth-order valence-corrected chi connectivity index (χ4v) is 3.23. The number of nitrogens with one attached hydrogen (secondary N) is 1. The van der Waals surface area contributed by atoms with E-state index in [-0.39, 0.29) is 0 Å². The van der Waals surface area contributed by atoms with Gasteiger partial charge in [0.1, 0.15) is 6.33 Å². The zero-order chi connectivity index (χ0) is 13.8. The Balaban J connectivity index is 1.61. The van der Waals surface area contributed by atoms with Gasteiger partial charge in [0.25, 0.3) is 0 Å². The van der Waals surface area contributed by atoms with Gasteiger partial charge in [-0.25, -0.2) is 4.98 Å². The van der Waals surface area contributed by atoms with Crippen LogP contribution in [0.3, 0.4) is 0 Å². The summed E-state index contributed by atoms with van der Waals surface area (Å²) in [5.74, 6) is 0.791. The van der Waals surface area contributed by atoms with Crippen LogP contribution in [-0.2, 0) is 12.8 Å². The number of thioether (sulfide) groups is 1. The Morgan fingerprint density at radius 1 is 1.30 bits per heavy atom. The van der Waals surface area contributed by atoms with E-state index in [0.717, 1.165) is 27.4 Å². The van der Waals surface area contributed by atoms with Crippen molar-refractivity contribution in [2.24, 2.45) is 7.05 Å². The fourth-order valence-electron chi connectivity index (χ4n) is 1.62. The van der Waals surface area contributed by atoms with Crippen LogP contribution in [0.5, 0.6) is 0 Å². The lowest BCUT2D eigenvalue weighted by Gasteiger charge is -2.01. The molecule has 0 saturated carbocycles. The third kappa shape index (κ3) is 3.17. The molecule has 102 valence electrons. The molecule has 20 heavy (non-hydrogen) atoms. The van der Waals surface area contributed by atoms with Crippen LogP contribution in [-0.4, -0.2) is 19.7 Å². The second kappa shape index (κ2) is 6.06. The highest BCUT2D eigenvalue weighted by molar-refractivity contribution is 7.98. The van der Waals surface area contributed by atoms with Gasteiger partial charge in [0, 0.05) is 23.9 Å². The summed E-state index contributed by atoms with van der Waals surface area (Å²) in [7, 11) is 1.94. The van der Waals surface area contributed by atoms with Crippen molar-refractivity contribution >= 4 is 33.9 Å². The van der Waals surface area contributed by atoms with Gasteiger partial charge < -0.3 is 9.88 Å². The summed E-state index contributed by atoms with van der Waals surface area (Å²) in [6.45, 7) is 0. The maximum absolute atomic E-state index is 4.56. The number of aromatic nitrogens is 4. The van der Waals surface area contributed by atoms with E-state index in [1.54, 1.807) is 29.4 Å². The summed E-state index contributed by atoms with van der Waals surface area (Å²) in [5.41, 5.74) is 2.09. The second-order valence-corrected chi connectivity index (χ2v) is 5.95. The van der Waals surface area contributed by atoms with Crippen LogP contribution in [0.1, 0.15) is 5.69 Å². The third-order valence-corrected chi connectivity index (χ3v) is 4.47. The summed E-state index contributed by atoms with van der Waals surface area (Å²) in [6.07, 6.45) is 1.70. The molecule has 0 fully saturated rings. The number of hydrogen-bond donors (Lipinski definition) is 1. The Bertz CT molecular complexity index is 677. The molecule has 0 saturated heterocycles. The van der Waals surface area contributed by atoms with E-state index in [9.17, 15) is 0 Å². The molecule has 3 aromatic rings. The molecule has 0 aliphatic carbocycles. The van der Waals surface area contributed by atoms with Crippen molar-refractivity contribution in [3.8, 4) is 0 Å². The van der Waals surface area contributed by atoms with Crippen LogP contribution < -0.4 is 5.32 Å². The first-order chi connectivity index (χ1) is 9.81. The SMILES string of the molecule is Cn1cnnc1SCc1csc(Nc2ccccc2)n1. The molecule has 0 amide bonds. The number of rotatable bonds is 5. The lowest BCUT2D eigenvalue weighted by atomic mass is 10.3. The van der Waals surface area contributed by atoms with Crippen molar-refractivity contribution in [2.75, 3.05) is 5.32 Å². The monoisotopic (exact) mass is 303 g/mol. The first kappa shape index (κ1) is 13.1. The summed E-state index contributed by atoms with van der Waals surface area (Å²) < 4.78 is 1.90. The molecule has 5 nitrogen and oxygen atoms in total. The number of thiazole rings is 1. The molecule has 0 bridgehead atoms. The van der Waals surface area contributed by atoms with E-state index < -0.39 is 0 Å². The Morgan fingerprint density at radius 3 is 2.90 bits per heavy atom. The molecule has 0 aliphatic rings. The predicted octanol–water partition coefficient (Wildman–Crippen LogP) is 3.31. The highest BCUT2D eigenvalue weighted by Crippen LogP contribution is 2.25. The van der Waals surface area contributed by atoms with Crippen molar-refractivity contribution in [3.63, 3.8) is 0 Å². The zero-order valence-electron chi connectivity index (χ0n) is 10.9. The number of hydrogen-bond acceptors (Lipinski definition) is 6. The first-order valence-electron chi connectivity index (χ1n) is 6.04. The topological polar surface area (TPSA) is 55.6 Å².